The van der Waals surface area contributed by atoms with Crippen LogP contribution in [0.25, 0.3) is 46.8 Å². The predicted octanol–water partition coefficient (Wildman–Crippen LogP) is 8.28. The largest absolute Gasteiger partial charge is 0.378 e. The van der Waals surface area contributed by atoms with Crippen LogP contribution >= 0.6 is 0 Å². The minimum absolute atomic E-state index is 0.828. The van der Waals surface area contributed by atoms with Gasteiger partial charge in [-0.1, -0.05) is 97.1 Å². The molecule has 0 amide bonds. The molecule has 0 unspecified atom stereocenters. The van der Waals surface area contributed by atoms with Crippen molar-refractivity contribution in [2.24, 2.45) is 0 Å². The van der Waals surface area contributed by atoms with Crippen LogP contribution in [0.3, 0.4) is 0 Å². The van der Waals surface area contributed by atoms with Crippen LogP contribution in [0.1, 0.15) is 22.5 Å². The first kappa shape index (κ1) is 26.6. The highest BCUT2D eigenvalue weighted by atomic mass is 15.1. The van der Waals surface area contributed by atoms with Gasteiger partial charge in [-0.25, -0.2) is 9.97 Å². The fraction of sp³-hybridized carbons (Fsp3) is 0.111. The number of benzene rings is 4. The number of aromatic nitrogens is 2. The molecule has 5 rings (SSSR count). The fourth-order valence-electron chi connectivity index (χ4n) is 4.43. The van der Waals surface area contributed by atoms with Gasteiger partial charge >= 0.3 is 0 Å². The minimum atomic E-state index is 0.828. The van der Waals surface area contributed by atoms with Crippen LogP contribution in [0, 0.1) is 0 Å². The first-order chi connectivity index (χ1) is 19.5. The quantitative estimate of drug-likeness (QED) is 0.205. The molecule has 4 nitrogen and oxygen atoms in total. The summed E-state index contributed by atoms with van der Waals surface area (Å²) in [5.74, 6) is 0. The monoisotopic (exact) mass is 522 g/mol. The van der Waals surface area contributed by atoms with E-state index in [1.165, 1.54) is 11.4 Å². The first-order valence-corrected chi connectivity index (χ1v) is 13.4. The molecule has 4 aromatic carbocycles. The Balaban J connectivity index is 1.61. The lowest BCUT2D eigenvalue weighted by Gasteiger charge is -2.13. The van der Waals surface area contributed by atoms with Crippen molar-refractivity contribution in [3.05, 3.63) is 132 Å². The van der Waals surface area contributed by atoms with Gasteiger partial charge in [-0.05, 0) is 47.5 Å². The summed E-state index contributed by atoms with van der Waals surface area (Å²) in [6.07, 6.45) is 8.35. The maximum absolute atomic E-state index is 5.21. The van der Waals surface area contributed by atoms with Crippen LogP contribution in [-0.2, 0) is 0 Å². The van der Waals surface area contributed by atoms with Gasteiger partial charge in [0.15, 0.2) is 0 Å². The highest BCUT2D eigenvalue weighted by Gasteiger charge is 2.14. The molecule has 0 aliphatic heterocycles. The minimum Gasteiger partial charge on any atom is -0.378 e. The lowest BCUT2D eigenvalue weighted by atomic mass is 10.0. The van der Waals surface area contributed by atoms with Crippen LogP contribution in [0.2, 0.25) is 0 Å². The Morgan fingerprint density at radius 1 is 0.425 bits per heavy atom. The topological polar surface area (TPSA) is 32.3 Å². The van der Waals surface area contributed by atoms with Gasteiger partial charge in [-0.15, -0.1) is 0 Å². The molecular weight excluding hydrogens is 488 g/mol. The number of nitrogens with zero attached hydrogens (tertiary/aromatic N) is 4. The Hall–Kier alpha value is -4.96. The molecule has 0 aliphatic carbocycles. The molecule has 0 bridgehead atoms. The van der Waals surface area contributed by atoms with Gasteiger partial charge in [0.1, 0.15) is 0 Å². The molecular formula is C36H34N4. The average Bonchev–Trinajstić information content (AvgIpc) is 3.00. The zero-order valence-electron chi connectivity index (χ0n) is 23.5. The predicted molar refractivity (Wildman–Crippen MR) is 172 cm³/mol. The van der Waals surface area contributed by atoms with Crippen molar-refractivity contribution in [3.63, 3.8) is 0 Å². The summed E-state index contributed by atoms with van der Waals surface area (Å²) in [7, 11) is 8.19. The third-order valence-corrected chi connectivity index (χ3v) is 6.73. The number of hydrogen-bond acceptors (Lipinski definition) is 4. The van der Waals surface area contributed by atoms with E-state index >= 15 is 0 Å². The van der Waals surface area contributed by atoms with Crippen molar-refractivity contribution in [1.82, 2.24) is 9.97 Å². The summed E-state index contributed by atoms with van der Waals surface area (Å²) < 4.78 is 0. The van der Waals surface area contributed by atoms with Crippen molar-refractivity contribution in [1.29, 1.82) is 0 Å². The summed E-state index contributed by atoms with van der Waals surface area (Å²) in [6.45, 7) is 0. The smallest absolute Gasteiger partial charge is 0.0966 e. The highest BCUT2D eigenvalue weighted by Crippen LogP contribution is 2.30. The molecule has 0 saturated heterocycles. The molecule has 40 heavy (non-hydrogen) atoms. The molecule has 1 heterocycles. The molecule has 0 saturated carbocycles. The Bertz CT molecular complexity index is 1480. The lowest BCUT2D eigenvalue weighted by molar-refractivity contribution is 1.13. The molecule has 0 aliphatic rings. The van der Waals surface area contributed by atoms with Crippen molar-refractivity contribution in [2.45, 2.75) is 0 Å². The van der Waals surface area contributed by atoms with E-state index in [4.69, 9.17) is 9.97 Å². The van der Waals surface area contributed by atoms with E-state index in [-0.39, 0.29) is 0 Å². The third-order valence-electron chi connectivity index (χ3n) is 6.73. The van der Waals surface area contributed by atoms with E-state index in [0.29, 0.717) is 0 Å². The summed E-state index contributed by atoms with van der Waals surface area (Å²) in [6, 6.07) is 37.5. The van der Waals surface area contributed by atoms with E-state index in [1.807, 2.05) is 64.6 Å². The molecule has 0 spiro atoms. The van der Waals surface area contributed by atoms with Gasteiger partial charge in [-0.3, -0.25) is 0 Å². The van der Waals surface area contributed by atoms with Crippen molar-refractivity contribution < 1.29 is 0 Å². The maximum Gasteiger partial charge on any atom is 0.0966 e. The fourth-order valence-corrected chi connectivity index (χ4v) is 4.43. The van der Waals surface area contributed by atoms with Gasteiger partial charge in [0, 0.05) is 50.7 Å². The maximum atomic E-state index is 5.21. The molecule has 198 valence electrons. The Kier molecular flexibility index (Phi) is 8.17. The molecule has 0 N–H and O–H groups in total. The SMILES string of the molecule is CN(C)c1ccc(/C=C/c2nc(-c3ccccc3)c(/C=C/c3ccc(N(C)C)cc3)nc2-c2ccccc2)cc1. The van der Waals surface area contributed by atoms with Crippen molar-refractivity contribution in [3.8, 4) is 22.5 Å². The van der Waals surface area contributed by atoms with E-state index in [9.17, 15) is 0 Å². The van der Waals surface area contributed by atoms with Gasteiger partial charge in [-0.2, -0.15) is 0 Å². The molecule has 0 atom stereocenters. The molecule has 1 aromatic heterocycles. The van der Waals surface area contributed by atoms with Crippen molar-refractivity contribution >= 4 is 35.7 Å². The first-order valence-electron chi connectivity index (χ1n) is 13.4. The van der Waals surface area contributed by atoms with Crippen LogP contribution < -0.4 is 9.80 Å². The average molecular weight is 523 g/mol. The van der Waals surface area contributed by atoms with Crippen LogP contribution in [0.15, 0.2) is 109 Å². The van der Waals surface area contributed by atoms with Crippen LogP contribution in [-0.4, -0.2) is 38.2 Å². The summed E-state index contributed by atoms with van der Waals surface area (Å²) in [5.41, 5.74) is 9.97. The van der Waals surface area contributed by atoms with E-state index in [2.05, 4.69) is 107 Å². The van der Waals surface area contributed by atoms with Gasteiger partial charge in [0.25, 0.3) is 0 Å². The Morgan fingerprint density at radius 3 is 1.10 bits per heavy atom. The van der Waals surface area contributed by atoms with Crippen molar-refractivity contribution in [2.75, 3.05) is 38.0 Å². The molecule has 0 fully saturated rings. The second-order valence-electron chi connectivity index (χ2n) is 10.1. The van der Waals surface area contributed by atoms with E-state index in [1.54, 1.807) is 0 Å². The van der Waals surface area contributed by atoms with Crippen LogP contribution in [0.5, 0.6) is 0 Å². The zero-order chi connectivity index (χ0) is 27.9. The molecule has 4 heteroatoms. The molecule has 5 aromatic rings. The number of rotatable bonds is 8. The normalized spacial score (nSPS) is 11.3. The summed E-state index contributed by atoms with van der Waals surface area (Å²) in [4.78, 5) is 14.6. The van der Waals surface area contributed by atoms with Gasteiger partial charge in [0.2, 0.25) is 0 Å². The summed E-state index contributed by atoms with van der Waals surface area (Å²) >= 11 is 0. The Morgan fingerprint density at radius 2 is 0.775 bits per heavy atom. The van der Waals surface area contributed by atoms with Gasteiger partial charge in [0.05, 0.1) is 22.8 Å². The highest BCUT2D eigenvalue weighted by molar-refractivity contribution is 5.83. The lowest BCUT2D eigenvalue weighted by Crippen LogP contribution is -2.07. The second-order valence-corrected chi connectivity index (χ2v) is 10.1. The third kappa shape index (κ3) is 6.36. The van der Waals surface area contributed by atoms with Crippen LogP contribution in [0.4, 0.5) is 11.4 Å². The number of hydrogen-bond donors (Lipinski definition) is 0. The second kappa shape index (κ2) is 12.3. The van der Waals surface area contributed by atoms with Gasteiger partial charge < -0.3 is 9.80 Å². The van der Waals surface area contributed by atoms with E-state index < -0.39 is 0 Å². The standard InChI is InChI=1S/C36H34N4/c1-39(2)31-21-15-27(16-22-31)19-25-33-35(29-11-7-5-8-12-29)38-34(36(37-33)30-13-9-6-10-14-30)26-20-28-17-23-32(24-18-28)40(3)4/h5-26H,1-4H3/b25-19+,26-20+. The molecule has 0 radical (unpaired) electrons. The number of anilines is 2. The Labute approximate surface area is 237 Å². The zero-order valence-corrected chi connectivity index (χ0v) is 23.5. The van der Waals surface area contributed by atoms with E-state index in [0.717, 1.165) is 45.0 Å². The summed E-state index contributed by atoms with van der Waals surface area (Å²) in [5, 5.41) is 0.